The number of carbonyl (C=O) groups is 2. The molecule has 1 atom stereocenters. The van der Waals surface area contributed by atoms with Crippen LogP contribution in [0.1, 0.15) is 17.5 Å². The standard InChI is InChI=1S/C20H15FN2O4/c1-11-19(24)23-15-10-14(6-7-17(15)26-11)22-20(25)18-9-8-16(27-18)12-2-4-13(21)5-3-12/h2-11H,1H3,(H,22,25)(H,23,24). The molecule has 1 aliphatic heterocycles. The molecule has 0 saturated heterocycles. The van der Waals surface area contributed by atoms with Gasteiger partial charge in [-0.25, -0.2) is 4.39 Å². The van der Waals surface area contributed by atoms with Crippen LogP contribution >= 0.6 is 0 Å². The van der Waals surface area contributed by atoms with Crippen molar-refractivity contribution in [3.63, 3.8) is 0 Å². The summed E-state index contributed by atoms with van der Waals surface area (Å²) >= 11 is 0. The number of amides is 2. The van der Waals surface area contributed by atoms with Crippen LogP contribution in [0.25, 0.3) is 11.3 Å². The maximum Gasteiger partial charge on any atom is 0.291 e. The van der Waals surface area contributed by atoms with Crippen LogP contribution in [0.5, 0.6) is 5.75 Å². The molecule has 2 amide bonds. The molecule has 2 aromatic carbocycles. The number of fused-ring (bicyclic) bond motifs is 1. The zero-order valence-electron chi connectivity index (χ0n) is 14.3. The number of benzene rings is 2. The SMILES string of the molecule is CC1Oc2ccc(NC(=O)c3ccc(-c4ccc(F)cc4)o3)cc2NC1=O. The Kier molecular flexibility index (Phi) is 4.12. The molecular formula is C20H15FN2O4. The fraction of sp³-hybridized carbons (Fsp3) is 0.100. The van der Waals surface area contributed by atoms with Crippen molar-refractivity contribution in [2.75, 3.05) is 10.6 Å². The smallest absolute Gasteiger partial charge is 0.291 e. The predicted octanol–water partition coefficient (Wildman–Crippen LogP) is 4.06. The van der Waals surface area contributed by atoms with E-state index in [0.29, 0.717) is 28.4 Å². The van der Waals surface area contributed by atoms with Gasteiger partial charge < -0.3 is 19.8 Å². The Morgan fingerprint density at radius 2 is 1.89 bits per heavy atom. The lowest BCUT2D eigenvalue weighted by molar-refractivity contribution is -0.122. The highest BCUT2D eigenvalue weighted by Gasteiger charge is 2.24. The van der Waals surface area contributed by atoms with Gasteiger partial charge in [0.15, 0.2) is 11.9 Å². The summed E-state index contributed by atoms with van der Waals surface area (Å²) in [5, 5.41) is 5.43. The molecule has 3 aromatic rings. The van der Waals surface area contributed by atoms with E-state index in [1.54, 1.807) is 49.4 Å². The second kappa shape index (κ2) is 6.60. The van der Waals surface area contributed by atoms with Gasteiger partial charge in [-0.2, -0.15) is 0 Å². The summed E-state index contributed by atoms with van der Waals surface area (Å²) in [6.07, 6.45) is -0.564. The molecule has 2 N–H and O–H groups in total. The van der Waals surface area contributed by atoms with Crippen molar-refractivity contribution < 1.29 is 23.1 Å². The molecule has 0 fully saturated rings. The minimum atomic E-state index is -0.564. The van der Waals surface area contributed by atoms with Gasteiger partial charge in [0.1, 0.15) is 17.3 Å². The zero-order valence-corrected chi connectivity index (χ0v) is 14.3. The second-order valence-electron chi connectivity index (χ2n) is 6.09. The summed E-state index contributed by atoms with van der Waals surface area (Å²) in [6.45, 7) is 1.66. The lowest BCUT2D eigenvalue weighted by atomic mass is 10.2. The topological polar surface area (TPSA) is 80.6 Å². The van der Waals surface area contributed by atoms with E-state index in [-0.39, 0.29) is 17.5 Å². The van der Waals surface area contributed by atoms with Crippen LogP contribution in [0.3, 0.4) is 0 Å². The van der Waals surface area contributed by atoms with Crippen molar-refractivity contribution in [2.45, 2.75) is 13.0 Å². The number of halogens is 1. The first kappa shape index (κ1) is 16.8. The van der Waals surface area contributed by atoms with Crippen molar-refractivity contribution in [1.29, 1.82) is 0 Å². The molecule has 1 aliphatic rings. The maximum atomic E-state index is 13.0. The van der Waals surface area contributed by atoms with Crippen LogP contribution in [0, 0.1) is 5.82 Å². The highest BCUT2D eigenvalue weighted by Crippen LogP contribution is 2.32. The van der Waals surface area contributed by atoms with Crippen molar-refractivity contribution in [2.24, 2.45) is 0 Å². The second-order valence-corrected chi connectivity index (χ2v) is 6.09. The number of hydrogen-bond donors (Lipinski definition) is 2. The largest absolute Gasteiger partial charge is 0.479 e. The van der Waals surface area contributed by atoms with Crippen molar-refractivity contribution >= 4 is 23.2 Å². The van der Waals surface area contributed by atoms with Crippen molar-refractivity contribution in [3.05, 3.63) is 66.2 Å². The summed E-state index contributed by atoms with van der Waals surface area (Å²) < 4.78 is 24.1. The Bertz CT molecular complexity index is 1030. The minimum absolute atomic E-state index is 0.112. The average molecular weight is 366 g/mol. The van der Waals surface area contributed by atoms with Crippen LogP contribution in [0.4, 0.5) is 15.8 Å². The van der Waals surface area contributed by atoms with E-state index in [1.807, 2.05) is 0 Å². The van der Waals surface area contributed by atoms with Gasteiger partial charge in [0.25, 0.3) is 11.8 Å². The normalized spacial score (nSPS) is 15.5. The van der Waals surface area contributed by atoms with Crippen LogP contribution in [0.15, 0.2) is 59.0 Å². The molecule has 0 saturated carbocycles. The molecule has 0 aliphatic carbocycles. The van der Waals surface area contributed by atoms with E-state index < -0.39 is 12.0 Å². The van der Waals surface area contributed by atoms with Crippen LogP contribution in [0.2, 0.25) is 0 Å². The van der Waals surface area contributed by atoms with Crippen molar-refractivity contribution in [3.8, 4) is 17.1 Å². The van der Waals surface area contributed by atoms with E-state index >= 15 is 0 Å². The average Bonchev–Trinajstić information content (AvgIpc) is 3.14. The first-order valence-electron chi connectivity index (χ1n) is 8.28. The number of ether oxygens (including phenoxy) is 1. The highest BCUT2D eigenvalue weighted by atomic mass is 19.1. The van der Waals surface area contributed by atoms with E-state index in [4.69, 9.17) is 9.15 Å². The number of carbonyl (C=O) groups excluding carboxylic acids is 2. The van der Waals surface area contributed by atoms with Gasteiger partial charge in [-0.05, 0) is 61.5 Å². The maximum absolute atomic E-state index is 13.0. The first-order valence-corrected chi connectivity index (χ1v) is 8.28. The molecule has 136 valence electrons. The molecule has 6 nitrogen and oxygen atoms in total. The number of nitrogens with one attached hydrogen (secondary N) is 2. The fourth-order valence-corrected chi connectivity index (χ4v) is 2.71. The highest BCUT2D eigenvalue weighted by molar-refractivity contribution is 6.04. The summed E-state index contributed by atoms with van der Waals surface area (Å²) in [6, 6.07) is 13.9. The lowest BCUT2D eigenvalue weighted by Crippen LogP contribution is -2.34. The van der Waals surface area contributed by atoms with E-state index in [1.165, 1.54) is 12.1 Å². The third-order valence-electron chi connectivity index (χ3n) is 4.13. The van der Waals surface area contributed by atoms with Gasteiger partial charge >= 0.3 is 0 Å². The predicted molar refractivity (Wildman–Crippen MR) is 97.2 cm³/mol. The van der Waals surface area contributed by atoms with Crippen LogP contribution in [-0.4, -0.2) is 17.9 Å². The summed E-state index contributed by atoms with van der Waals surface area (Å²) in [5.41, 5.74) is 1.64. The minimum Gasteiger partial charge on any atom is -0.479 e. The molecule has 7 heteroatoms. The molecule has 2 heterocycles. The van der Waals surface area contributed by atoms with Gasteiger partial charge in [-0.3, -0.25) is 9.59 Å². The fourth-order valence-electron chi connectivity index (χ4n) is 2.71. The zero-order chi connectivity index (χ0) is 19.0. The molecule has 0 bridgehead atoms. The number of anilines is 2. The van der Waals surface area contributed by atoms with Crippen LogP contribution < -0.4 is 15.4 Å². The molecule has 0 spiro atoms. The number of hydrogen-bond acceptors (Lipinski definition) is 4. The molecule has 27 heavy (non-hydrogen) atoms. The van der Waals surface area contributed by atoms with Crippen molar-refractivity contribution in [1.82, 2.24) is 0 Å². The Morgan fingerprint density at radius 1 is 1.11 bits per heavy atom. The first-order chi connectivity index (χ1) is 13.0. The summed E-state index contributed by atoms with van der Waals surface area (Å²) in [7, 11) is 0. The van der Waals surface area contributed by atoms with E-state index in [0.717, 1.165) is 0 Å². The lowest BCUT2D eigenvalue weighted by Gasteiger charge is -2.23. The Morgan fingerprint density at radius 3 is 2.67 bits per heavy atom. The van der Waals surface area contributed by atoms with E-state index in [2.05, 4.69) is 10.6 Å². The number of furan rings is 1. The Labute approximate surface area is 153 Å². The van der Waals surface area contributed by atoms with Gasteiger partial charge in [-0.1, -0.05) is 0 Å². The van der Waals surface area contributed by atoms with Crippen LogP contribution in [-0.2, 0) is 4.79 Å². The molecular weight excluding hydrogens is 351 g/mol. The molecule has 4 rings (SSSR count). The monoisotopic (exact) mass is 366 g/mol. The number of rotatable bonds is 3. The van der Waals surface area contributed by atoms with E-state index in [9.17, 15) is 14.0 Å². The molecule has 1 unspecified atom stereocenters. The van der Waals surface area contributed by atoms with Gasteiger partial charge in [0, 0.05) is 11.3 Å². The van der Waals surface area contributed by atoms with Gasteiger partial charge in [0.05, 0.1) is 5.69 Å². The molecule has 0 radical (unpaired) electrons. The molecule has 1 aromatic heterocycles. The third kappa shape index (κ3) is 3.39. The van der Waals surface area contributed by atoms with Gasteiger partial charge in [0.2, 0.25) is 0 Å². The quantitative estimate of drug-likeness (QED) is 0.733. The Hall–Kier alpha value is -3.61. The summed E-state index contributed by atoms with van der Waals surface area (Å²) in [5.74, 6) is 0.0692. The van der Waals surface area contributed by atoms with Gasteiger partial charge in [-0.15, -0.1) is 0 Å². The Balaban J connectivity index is 1.51. The summed E-state index contributed by atoms with van der Waals surface area (Å²) in [4.78, 5) is 24.1. The third-order valence-corrected chi connectivity index (χ3v) is 4.13.